The van der Waals surface area contributed by atoms with Gasteiger partial charge in [0.05, 0.1) is 0 Å². The molecule has 0 bridgehead atoms. The molecule has 0 saturated carbocycles. The highest BCUT2D eigenvalue weighted by atomic mass is 14.9. The van der Waals surface area contributed by atoms with E-state index in [9.17, 15) is 0 Å². The zero-order valence-corrected chi connectivity index (χ0v) is 14.0. The molecule has 112 valence electrons. The molecule has 3 unspecified atom stereocenters. The van der Waals surface area contributed by atoms with Crippen LogP contribution in [0.4, 0.5) is 0 Å². The highest BCUT2D eigenvalue weighted by Gasteiger charge is 2.30. The maximum absolute atomic E-state index is 3.91. The number of hydrogen-bond acceptors (Lipinski definition) is 1. The smallest absolute Gasteiger partial charge is 0.00115 e. The Kier molecular flexibility index (Phi) is 14.7. The van der Waals surface area contributed by atoms with Crippen LogP contribution in [-0.2, 0) is 0 Å². The highest BCUT2D eigenvalue weighted by molar-refractivity contribution is 5.25. The zero-order valence-electron chi connectivity index (χ0n) is 14.0. The number of nitrogens with one attached hydrogen (secondary N) is 1. The Morgan fingerprint density at radius 1 is 1.21 bits per heavy atom. The molecule has 0 amide bonds. The summed E-state index contributed by atoms with van der Waals surface area (Å²) in [6, 6.07) is 0. The van der Waals surface area contributed by atoms with Gasteiger partial charge in [-0.25, -0.2) is 0 Å². The maximum Gasteiger partial charge on any atom is -0.00115 e. The van der Waals surface area contributed by atoms with Gasteiger partial charge in [-0.2, -0.15) is 0 Å². The number of hydrogen-bond donors (Lipinski definition) is 1. The molecule has 0 aliphatic carbocycles. The maximum atomic E-state index is 3.91. The molecule has 0 aromatic carbocycles. The molecule has 1 heteroatoms. The first-order chi connectivity index (χ1) is 9.24. The lowest BCUT2D eigenvalue weighted by atomic mass is 9.78. The van der Waals surface area contributed by atoms with E-state index in [2.05, 4.69) is 38.4 Å². The minimum Gasteiger partial charge on any atom is -0.316 e. The first-order valence-corrected chi connectivity index (χ1v) is 7.90. The van der Waals surface area contributed by atoms with Gasteiger partial charge in [0.25, 0.3) is 0 Å². The van der Waals surface area contributed by atoms with Crippen molar-refractivity contribution in [3.05, 3.63) is 37.0 Å². The molecule has 1 aliphatic heterocycles. The summed E-state index contributed by atoms with van der Waals surface area (Å²) in [5.74, 6) is 2.15. The average molecular weight is 265 g/mol. The van der Waals surface area contributed by atoms with E-state index >= 15 is 0 Å². The van der Waals surface area contributed by atoms with E-state index in [1.165, 1.54) is 12.0 Å². The topological polar surface area (TPSA) is 12.0 Å². The van der Waals surface area contributed by atoms with Crippen molar-refractivity contribution >= 4 is 0 Å². The molecule has 0 aromatic heterocycles. The van der Waals surface area contributed by atoms with Crippen LogP contribution in [0.5, 0.6) is 0 Å². The Labute approximate surface area is 121 Å². The Hall–Kier alpha value is -0.820. The van der Waals surface area contributed by atoms with Crippen molar-refractivity contribution in [2.45, 2.75) is 48.0 Å². The summed E-state index contributed by atoms with van der Waals surface area (Å²) in [6.07, 6.45) is 7.14. The van der Waals surface area contributed by atoms with Crippen molar-refractivity contribution in [3.8, 4) is 0 Å². The van der Waals surface area contributed by atoms with E-state index in [1.54, 1.807) is 0 Å². The average Bonchev–Trinajstić information content (AvgIpc) is 2.89. The standard InChI is InChI=1S/C14H23N.2C2H6/c1-5-8-12(6-2)13(7-3)14-10-15-9-11(14)4;2*1-2/h5-6,8,11,13-15H,1-2,7,9-10H2,3-4H3;2*1-2H3/b12-8+;;. The molecule has 1 aliphatic rings. The second-order valence-electron chi connectivity index (χ2n) is 4.42. The van der Waals surface area contributed by atoms with Crippen LogP contribution < -0.4 is 5.32 Å². The van der Waals surface area contributed by atoms with Crippen LogP contribution in [0, 0.1) is 17.8 Å². The second-order valence-corrected chi connectivity index (χ2v) is 4.42. The van der Waals surface area contributed by atoms with E-state index in [0.29, 0.717) is 5.92 Å². The Morgan fingerprint density at radius 3 is 2.11 bits per heavy atom. The van der Waals surface area contributed by atoms with Crippen molar-refractivity contribution in [2.75, 3.05) is 13.1 Å². The van der Waals surface area contributed by atoms with Crippen LogP contribution in [-0.4, -0.2) is 13.1 Å². The van der Waals surface area contributed by atoms with Crippen LogP contribution in [0.15, 0.2) is 37.0 Å². The SMILES string of the molecule is C=C/C=C(\C=C)C(CC)C1CNCC1C.CC.CC. The fourth-order valence-corrected chi connectivity index (χ4v) is 2.63. The van der Waals surface area contributed by atoms with Crippen LogP contribution in [0.25, 0.3) is 0 Å². The number of allylic oxidation sites excluding steroid dienone is 4. The molecule has 3 atom stereocenters. The lowest BCUT2D eigenvalue weighted by Gasteiger charge is -2.26. The van der Waals surface area contributed by atoms with Crippen molar-refractivity contribution in [1.82, 2.24) is 5.32 Å². The van der Waals surface area contributed by atoms with Crippen molar-refractivity contribution in [2.24, 2.45) is 17.8 Å². The van der Waals surface area contributed by atoms with Crippen LogP contribution in [0.2, 0.25) is 0 Å². The fraction of sp³-hybridized carbons (Fsp3) is 0.667. The van der Waals surface area contributed by atoms with Gasteiger partial charge in [0, 0.05) is 0 Å². The predicted octanol–water partition coefficient (Wildman–Crippen LogP) is 5.22. The van der Waals surface area contributed by atoms with E-state index in [1.807, 2.05) is 39.8 Å². The molecule has 19 heavy (non-hydrogen) atoms. The summed E-state index contributed by atoms with van der Waals surface area (Å²) in [4.78, 5) is 0. The van der Waals surface area contributed by atoms with Gasteiger partial charge in [-0.05, 0) is 42.8 Å². The Bertz CT molecular complexity index is 252. The van der Waals surface area contributed by atoms with Gasteiger partial charge in [-0.1, -0.05) is 72.9 Å². The molecule has 0 spiro atoms. The lowest BCUT2D eigenvalue weighted by Crippen LogP contribution is -2.22. The summed E-state index contributed by atoms with van der Waals surface area (Å²) in [5.41, 5.74) is 1.34. The highest BCUT2D eigenvalue weighted by Crippen LogP contribution is 2.32. The first-order valence-electron chi connectivity index (χ1n) is 7.90. The van der Waals surface area contributed by atoms with E-state index in [4.69, 9.17) is 0 Å². The van der Waals surface area contributed by atoms with Gasteiger partial charge in [0.2, 0.25) is 0 Å². The minimum atomic E-state index is 0.630. The van der Waals surface area contributed by atoms with Gasteiger partial charge in [0.15, 0.2) is 0 Å². The van der Waals surface area contributed by atoms with Crippen LogP contribution in [0.3, 0.4) is 0 Å². The fourth-order valence-electron chi connectivity index (χ4n) is 2.63. The van der Waals surface area contributed by atoms with E-state index in [-0.39, 0.29) is 0 Å². The summed E-state index contributed by atoms with van der Waals surface area (Å²) < 4.78 is 0. The summed E-state index contributed by atoms with van der Waals surface area (Å²) in [7, 11) is 0. The molecule has 1 fully saturated rings. The van der Waals surface area contributed by atoms with Gasteiger partial charge in [0.1, 0.15) is 0 Å². The minimum absolute atomic E-state index is 0.630. The quantitative estimate of drug-likeness (QED) is 0.672. The molecule has 1 N–H and O–H groups in total. The first kappa shape index (κ1) is 20.5. The van der Waals surface area contributed by atoms with E-state index in [0.717, 1.165) is 24.9 Å². The Balaban J connectivity index is 0. The molecular formula is C18H35N. The number of rotatable bonds is 5. The summed E-state index contributed by atoms with van der Waals surface area (Å²) in [5, 5.41) is 3.47. The van der Waals surface area contributed by atoms with Gasteiger partial charge < -0.3 is 5.32 Å². The summed E-state index contributed by atoms with van der Waals surface area (Å²) in [6.45, 7) is 22.6. The normalized spacial score (nSPS) is 23.4. The molecule has 1 nitrogen and oxygen atoms in total. The van der Waals surface area contributed by atoms with Gasteiger partial charge >= 0.3 is 0 Å². The van der Waals surface area contributed by atoms with E-state index < -0.39 is 0 Å². The monoisotopic (exact) mass is 265 g/mol. The summed E-state index contributed by atoms with van der Waals surface area (Å²) >= 11 is 0. The zero-order chi connectivity index (χ0) is 15.3. The largest absolute Gasteiger partial charge is 0.316 e. The van der Waals surface area contributed by atoms with Crippen molar-refractivity contribution < 1.29 is 0 Å². The molecule has 1 rings (SSSR count). The van der Waals surface area contributed by atoms with Crippen LogP contribution >= 0.6 is 0 Å². The molecule has 1 saturated heterocycles. The van der Waals surface area contributed by atoms with Crippen LogP contribution in [0.1, 0.15) is 48.0 Å². The lowest BCUT2D eigenvalue weighted by molar-refractivity contribution is 0.330. The van der Waals surface area contributed by atoms with Gasteiger partial charge in [-0.3, -0.25) is 0 Å². The Morgan fingerprint density at radius 2 is 1.79 bits per heavy atom. The third kappa shape index (κ3) is 6.77. The van der Waals surface area contributed by atoms with Gasteiger partial charge in [-0.15, -0.1) is 0 Å². The van der Waals surface area contributed by atoms with Crippen molar-refractivity contribution in [1.29, 1.82) is 0 Å². The van der Waals surface area contributed by atoms with Crippen molar-refractivity contribution in [3.63, 3.8) is 0 Å². The third-order valence-corrected chi connectivity index (χ3v) is 3.51. The molecule has 0 aromatic rings. The third-order valence-electron chi connectivity index (χ3n) is 3.51. The molecule has 0 radical (unpaired) electrons. The second kappa shape index (κ2) is 13.6. The predicted molar refractivity (Wildman–Crippen MR) is 90.5 cm³/mol. The molecule has 1 heterocycles. The molecular weight excluding hydrogens is 230 g/mol.